The van der Waals surface area contributed by atoms with Crippen LogP contribution in [0.15, 0.2) is 186 Å². The number of aromatic nitrogens is 1. The van der Waals surface area contributed by atoms with E-state index in [0.29, 0.717) is 0 Å². The van der Waals surface area contributed by atoms with Crippen LogP contribution in [0.2, 0.25) is 0 Å². The summed E-state index contributed by atoms with van der Waals surface area (Å²) in [6, 6.07) is 65.5. The quantitative estimate of drug-likeness (QED) is 0.164. The summed E-state index contributed by atoms with van der Waals surface area (Å²) in [4.78, 5) is 0. The Morgan fingerprint density at radius 1 is 0.404 bits per heavy atom. The molecule has 2 atom stereocenters. The second-order valence-electron chi connectivity index (χ2n) is 15.0. The lowest BCUT2D eigenvalue weighted by atomic mass is 9.99. The lowest BCUT2D eigenvalue weighted by Gasteiger charge is -2.39. The van der Waals surface area contributed by atoms with E-state index in [2.05, 4.69) is 203 Å². The lowest BCUT2D eigenvalue weighted by molar-refractivity contribution is 0.203. The van der Waals surface area contributed by atoms with Gasteiger partial charge in [-0.15, -0.1) is 11.3 Å². The van der Waals surface area contributed by atoms with Gasteiger partial charge in [0.1, 0.15) is 11.2 Å². The minimum Gasteiger partial charge on any atom is -0.456 e. The van der Waals surface area contributed by atoms with Gasteiger partial charge in [-0.1, -0.05) is 127 Å². The van der Waals surface area contributed by atoms with Gasteiger partial charge >= 0.3 is 0 Å². The fourth-order valence-corrected chi connectivity index (χ4v) is 10.2. The van der Waals surface area contributed by atoms with E-state index < -0.39 is 0 Å². The molecule has 11 aromatic rings. The molecule has 0 aliphatic carbocycles. The maximum absolute atomic E-state index is 6.52. The maximum Gasteiger partial charge on any atom is 0.137 e. The minimum absolute atomic E-state index is 0.00828. The Bertz CT molecular complexity index is 3210. The molecule has 6 heteroatoms. The van der Waals surface area contributed by atoms with Crippen molar-refractivity contribution < 1.29 is 4.42 Å². The van der Waals surface area contributed by atoms with Crippen molar-refractivity contribution in [2.24, 2.45) is 0 Å². The molecule has 1 saturated heterocycles. The van der Waals surface area contributed by atoms with Gasteiger partial charge in [-0.25, -0.2) is 0 Å². The molecule has 0 spiro atoms. The Morgan fingerprint density at radius 3 is 1.68 bits per heavy atom. The summed E-state index contributed by atoms with van der Waals surface area (Å²) in [7, 11) is 0. The Labute approximate surface area is 332 Å². The fraction of sp³-hybridized carbons (Fsp3) is 0.0588. The molecule has 12 rings (SSSR count). The van der Waals surface area contributed by atoms with Crippen LogP contribution in [0.25, 0.3) is 80.7 Å². The number of fused-ring (bicyclic) bond motifs is 9. The van der Waals surface area contributed by atoms with Crippen molar-refractivity contribution in [2.45, 2.75) is 18.5 Å². The fourth-order valence-electron chi connectivity index (χ4n) is 9.02. The summed E-state index contributed by atoms with van der Waals surface area (Å²) in [5.74, 6) is 0. The molecule has 0 saturated carbocycles. The first-order valence-electron chi connectivity index (χ1n) is 19.5. The molecule has 2 unspecified atom stereocenters. The summed E-state index contributed by atoms with van der Waals surface area (Å²) in [5.41, 5.74) is 11.3. The molecule has 0 bridgehead atoms. The second kappa shape index (κ2) is 13.0. The highest BCUT2D eigenvalue weighted by Crippen LogP contribution is 2.42. The van der Waals surface area contributed by atoms with E-state index in [1.807, 2.05) is 11.3 Å². The van der Waals surface area contributed by atoms with E-state index in [0.717, 1.165) is 27.6 Å². The smallest absolute Gasteiger partial charge is 0.137 e. The van der Waals surface area contributed by atoms with E-state index in [9.17, 15) is 0 Å². The van der Waals surface area contributed by atoms with Crippen LogP contribution < -0.4 is 16.0 Å². The molecule has 8 aromatic carbocycles. The SMILES string of the molecule is c1ccc(C2NC(c3ccccc3)NC(c3ccc4c(c3)sc3ccc(-c5ccc6oc7cccc(-n8c9ccccc9c9ccccc98)c7c6c5)cc34)N2)cc1. The first-order chi connectivity index (χ1) is 28.2. The van der Waals surface area contributed by atoms with Gasteiger partial charge in [-0.05, 0) is 82.4 Å². The molecule has 5 nitrogen and oxygen atoms in total. The van der Waals surface area contributed by atoms with E-state index in [1.165, 1.54) is 69.8 Å². The molecular weight excluding hydrogens is 717 g/mol. The number of thiophene rings is 1. The number of para-hydroxylation sites is 2. The number of benzene rings is 8. The van der Waals surface area contributed by atoms with Crippen LogP contribution in [-0.4, -0.2) is 4.57 Å². The predicted molar refractivity (Wildman–Crippen MR) is 237 cm³/mol. The second-order valence-corrected chi connectivity index (χ2v) is 16.1. The highest BCUT2D eigenvalue weighted by molar-refractivity contribution is 7.25. The monoisotopic (exact) mass is 752 g/mol. The summed E-state index contributed by atoms with van der Waals surface area (Å²) in [6.45, 7) is 0. The first kappa shape index (κ1) is 32.7. The van der Waals surface area contributed by atoms with Crippen molar-refractivity contribution in [3.63, 3.8) is 0 Å². The van der Waals surface area contributed by atoms with Crippen molar-refractivity contribution in [1.82, 2.24) is 20.5 Å². The molecule has 0 amide bonds. The predicted octanol–water partition coefficient (Wildman–Crippen LogP) is 12.9. The summed E-state index contributed by atoms with van der Waals surface area (Å²) < 4.78 is 11.5. The zero-order chi connectivity index (χ0) is 37.5. The average molecular weight is 753 g/mol. The standard InChI is InChI=1S/C51H36N4OS/c1-3-12-31(13-4-1)49-52-50(32-14-5-2-6-15-32)54-51(53-49)35-22-25-38-39-28-34(24-27-46(39)57-47(38)30-35)33-23-26-44-40(29-33)48-43(20-11-21-45(48)56-44)55-41-18-9-7-16-36(41)37-17-8-10-19-42(37)55/h1-30,49-54H. The van der Waals surface area contributed by atoms with Crippen LogP contribution in [0.5, 0.6) is 0 Å². The molecule has 1 aliphatic rings. The number of nitrogens with one attached hydrogen (secondary N) is 3. The van der Waals surface area contributed by atoms with Gasteiger partial charge in [0, 0.05) is 36.3 Å². The molecule has 57 heavy (non-hydrogen) atoms. The topological polar surface area (TPSA) is 54.2 Å². The Balaban J connectivity index is 0.937. The number of hydrogen-bond donors (Lipinski definition) is 3. The van der Waals surface area contributed by atoms with E-state index >= 15 is 0 Å². The normalized spacial score (nSPS) is 17.4. The zero-order valence-electron chi connectivity index (χ0n) is 30.8. The Kier molecular flexibility index (Phi) is 7.46. The van der Waals surface area contributed by atoms with Crippen LogP contribution in [0.3, 0.4) is 0 Å². The van der Waals surface area contributed by atoms with Gasteiger partial charge in [0.05, 0.1) is 40.6 Å². The molecule has 4 heterocycles. The van der Waals surface area contributed by atoms with Gasteiger partial charge in [-0.3, -0.25) is 16.0 Å². The van der Waals surface area contributed by atoms with Crippen LogP contribution in [0, 0.1) is 0 Å². The third-order valence-electron chi connectivity index (χ3n) is 11.7. The number of nitrogens with zero attached hydrogens (tertiary/aromatic N) is 1. The van der Waals surface area contributed by atoms with Gasteiger partial charge in [0.15, 0.2) is 0 Å². The Hall–Kier alpha value is -6.54. The molecule has 3 N–H and O–H groups in total. The largest absolute Gasteiger partial charge is 0.456 e. The van der Waals surface area contributed by atoms with Gasteiger partial charge < -0.3 is 8.98 Å². The molecular formula is C51H36N4OS. The number of hydrogen-bond acceptors (Lipinski definition) is 5. The zero-order valence-corrected chi connectivity index (χ0v) is 31.6. The molecule has 3 aromatic heterocycles. The summed E-state index contributed by atoms with van der Waals surface area (Å²) >= 11 is 1.86. The van der Waals surface area contributed by atoms with E-state index in [-0.39, 0.29) is 18.5 Å². The number of furan rings is 1. The lowest BCUT2D eigenvalue weighted by Crippen LogP contribution is -2.54. The molecule has 1 fully saturated rings. The first-order valence-corrected chi connectivity index (χ1v) is 20.3. The average Bonchev–Trinajstić information content (AvgIpc) is 3.95. The van der Waals surface area contributed by atoms with Gasteiger partial charge in [-0.2, -0.15) is 0 Å². The van der Waals surface area contributed by atoms with Crippen molar-refractivity contribution in [3.05, 3.63) is 199 Å². The van der Waals surface area contributed by atoms with Gasteiger partial charge in [0.2, 0.25) is 0 Å². The number of rotatable bonds is 5. The van der Waals surface area contributed by atoms with Crippen molar-refractivity contribution in [3.8, 4) is 16.8 Å². The highest BCUT2D eigenvalue weighted by atomic mass is 32.1. The third kappa shape index (κ3) is 5.34. The van der Waals surface area contributed by atoms with Gasteiger partial charge in [0.25, 0.3) is 0 Å². The van der Waals surface area contributed by atoms with Crippen molar-refractivity contribution in [2.75, 3.05) is 0 Å². The molecule has 1 aliphatic heterocycles. The van der Waals surface area contributed by atoms with E-state index in [1.54, 1.807) is 0 Å². The van der Waals surface area contributed by atoms with Crippen LogP contribution in [0.4, 0.5) is 0 Å². The minimum atomic E-state index is -0.0456. The molecule has 0 radical (unpaired) electrons. The van der Waals surface area contributed by atoms with Crippen molar-refractivity contribution >= 4 is 75.3 Å². The van der Waals surface area contributed by atoms with Crippen LogP contribution in [0.1, 0.15) is 35.2 Å². The maximum atomic E-state index is 6.52. The summed E-state index contributed by atoms with van der Waals surface area (Å²) in [5, 5.41) is 18.8. The van der Waals surface area contributed by atoms with Crippen LogP contribution in [-0.2, 0) is 0 Å². The Morgan fingerprint density at radius 2 is 1.00 bits per heavy atom. The van der Waals surface area contributed by atoms with Crippen molar-refractivity contribution in [1.29, 1.82) is 0 Å². The highest BCUT2D eigenvalue weighted by Gasteiger charge is 2.30. The summed E-state index contributed by atoms with van der Waals surface area (Å²) in [6.07, 6.45) is -0.0622. The third-order valence-corrected chi connectivity index (χ3v) is 12.9. The van der Waals surface area contributed by atoms with Crippen LogP contribution >= 0.6 is 11.3 Å². The van der Waals surface area contributed by atoms with E-state index in [4.69, 9.17) is 4.42 Å². The molecule has 272 valence electrons.